The molecule has 0 bridgehead atoms. The van der Waals surface area contributed by atoms with Gasteiger partial charge in [0.25, 0.3) is 5.91 Å². The minimum Gasteiger partial charge on any atom is -0.497 e. The van der Waals surface area contributed by atoms with Crippen LogP contribution in [-0.2, 0) is 21.4 Å². The number of hydrogen-bond acceptors (Lipinski definition) is 7. The summed E-state index contributed by atoms with van der Waals surface area (Å²) >= 11 is 0. The van der Waals surface area contributed by atoms with E-state index in [2.05, 4.69) is 48.3 Å². The Morgan fingerprint density at radius 3 is 2.04 bits per heavy atom. The van der Waals surface area contributed by atoms with Gasteiger partial charge in [0.1, 0.15) is 17.5 Å². The SMILES string of the molecule is CCCCCCCOc1ccc(-c2cnc(-c3ccc(CC(NC(=O)c4ccc(C(C)(C)C)cc4)C(=O)NC(C(=O)O)c4cccc(OC)c4)cc3)nc2)cc1. The molecule has 0 spiro atoms. The maximum absolute atomic E-state index is 13.8. The van der Waals surface area contributed by atoms with Gasteiger partial charge in [-0.1, -0.05) is 114 Å². The summed E-state index contributed by atoms with van der Waals surface area (Å²) in [6.07, 6.45) is 9.63. The molecule has 0 aliphatic heterocycles. The number of carboxylic acids is 1. The van der Waals surface area contributed by atoms with Gasteiger partial charge >= 0.3 is 5.97 Å². The molecule has 3 N–H and O–H groups in total. The summed E-state index contributed by atoms with van der Waals surface area (Å²) in [5, 5.41) is 15.6. The Balaban J connectivity index is 1.28. The summed E-state index contributed by atoms with van der Waals surface area (Å²) in [5.74, 6) is -0.525. The number of amides is 2. The number of aliphatic carboxylic acids is 1. The monoisotopic (exact) mass is 756 g/mol. The molecule has 0 saturated heterocycles. The molecule has 10 nitrogen and oxygen atoms in total. The van der Waals surface area contributed by atoms with E-state index in [1.807, 2.05) is 60.7 Å². The molecule has 0 aliphatic carbocycles. The molecule has 0 saturated carbocycles. The van der Waals surface area contributed by atoms with Crippen molar-refractivity contribution in [2.45, 2.75) is 83.7 Å². The lowest BCUT2D eigenvalue weighted by atomic mass is 9.86. The first-order valence-corrected chi connectivity index (χ1v) is 19.2. The zero-order valence-electron chi connectivity index (χ0n) is 32.9. The summed E-state index contributed by atoms with van der Waals surface area (Å²) in [7, 11) is 1.48. The molecule has 292 valence electrons. The van der Waals surface area contributed by atoms with E-state index < -0.39 is 29.9 Å². The summed E-state index contributed by atoms with van der Waals surface area (Å²) in [5.41, 5.74) is 5.05. The van der Waals surface area contributed by atoms with Crippen molar-refractivity contribution in [2.24, 2.45) is 0 Å². The number of carbonyl (C=O) groups excluding carboxylic acids is 2. The second kappa shape index (κ2) is 19.5. The normalized spacial score (nSPS) is 12.3. The molecule has 10 heteroatoms. The van der Waals surface area contributed by atoms with Crippen LogP contribution in [-0.4, -0.2) is 52.6 Å². The molecule has 56 heavy (non-hydrogen) atoms. The van der Waals surface area contributed by atoms with Gasteiger partial charge in [-0.3, -0.25) is 9.59 Å². The quantitative estimate of drug-likeness (QED) is 0.0755. The molecule has 1 heterocycles. The van der Waals surface area contributed by atoms with Gasteiger partial charge in [0.15, 0.2) is 11.9 Å². The van der Waals surface area contributed by atoms with E-state index in [1.54, 1.807) is 48.8 Å². The van der Waals surface area contributed by atoms with Crippen LogP contribution >= 0.6 is 0 Å². The van der Waals surface area contributed by atoms with Gasteiger partial charge in [0, 0.05) is 35.5 Å². The fourth-order valence-corrected chi connectivity index (χ4v) is 6.22. The smallest absolute Gasteiger partial charge is 0.330 e. The second-order valence-corrected chi connectivity index (χ2v) is 14.9. The summed E-state index contributed by atoms with van der Waals surface area (Å²) in [6, 6.07) is 26.6. The second-order valence-electron chi connectivity index (χ2n) is 14.9. The highest BCUT2D eigenvalue weighted by Gasteiger charge is 2.29. The molecular weight excluding hydrogens is 705 g/mol. The number of carboxylic acid groups (broad SMARTS) is 1. The van der Waals surface area contributed by atoms with Crippen LogP contribution in [0.2, 0.25) is 0 Å². The van der Waals surface area contributed by atoms with Crippen LogP contribution in [0.1, 0.15) is 92.9 Å². The number of methoxy groups -OCH3 is 1. The fraction of sp³-hybridized carbons (Fsp3) is 0.326. The van der Waals surface area contributed by atoms with E-state index in [0.29, 0.717) is 29.3 Å². The van der Waals surface area contributed by atoms with Crippen molar-refractivity contribution < 1.29 is 29.0 Å². The van der Waals surface area contributed by atoms with E-state index in [0.717, 1.165) is 40.0 Å². The zero-order valence-corrected chi connectivity index (χ0v) is 32.9. The lowest BCUT2D eigenvalue weighted by Gasteiger charge is -2.23. The minimum absolute atomic E-state index is 0.0980. The van der Waals surface area contributed by atoms with Crippen molar-refractivity contribution >= 4 is 17.8 Å². The zero-order chi connectivity index (χ0) is 40.1. The number of benzene rings is 4. The van der Waals surface area contributed by atoms with Gasteiger partial charge in [-0.15, -0.1) is 0 Å². The molecule has 0 aliphatic rings. The first kappa shape index (κ1) is 41.1. The van der Waals surface area contributed by atoms with Crippen LogP contribution in [0.5, 0.6) is 11.5 Å². The van der Waals surface area contributed by atoms with Gasteiger partial charge in [-0.2, -0.15) is 0 Å². The van der Waals surface area contributed by atoms with Gasteiger partial charge < -0.3 is 25.2 Å². The first-order chi connectivity index (χ1) is 26.9. The molecule has 2 unspecified atom stereocenters. The maximum Gasteiger partial charge on any atom is 0.330 e. The van der Waals surface area contributed by atoms with Crippen molar-refractivity contribution in [3.05, 3.63) is 132 Å². The summed E-state index contributed by atoms with van der Waals surface area (Å²) < 4.78 is 11.2. The van der Waals surface area contributed by atoms with Crippen LogP contribution < -0.4 is 20.1 Å². The van der Waals surface area contributed by atoms with Crippen LogP contribution in [0.15, 0.2) is 109 Å². The standard InChI is InChI=1S/C46H52N4O6/c1-6-7-8-9-10-26-56-38-24-20-32(21-25-38)36-29-47-42(48-30-36)33-16-14-31(15-17-33)27-40(49-43(51)34-18-22-37(23-19-34)46(2,3)4)44(52)50-41(45(53)54)35-12-11-13-39(28-35)55-5/h11-25,28-30,40-41H,6-10,26-27H2,1-5H3,(H,49,51)(H,50,52)(H,53,54). The van der Waals surface area contributed by atoms with E-state index in [9.17, 15) is 19.5 Å². The Hall–Kier alpha value is -6.03. The lowest BCUT2D eigenvalue weighted by Crippen LogP contribution is -2.50. The van der Waals surface area contributed by atoms with Crippen molar-refractivity contribution in [1.82, 2.24) is 20.6 Å². The number of unbranched alkanes of at least 4 members (excludes halogenated alkanes) is 4. The average Bonchev–Trinajstić information content (AvgIpc) is 3.21. The topological polar surface area (TPSA) is 140 Å². The number of ether oxygens (including phenoxy) is 2. The van der Waals surface area contributed by atoms with Gasteiger partial charge in [0.2, 0.25) is 5.91 Å². The Bertz CT molecular complexity index is 2040. The Kier molecular flexibility index (Phi) is 14.3. The average molecular weight is 757 g/mol. The van der Waals surface area contributed by atoms with Gasteiger partial charge in [-0.05, 0) is 70.5 Å². The van der Waals surface area contributed by atoms with E-state index >= 15 is 0 Å². The number of aromatic nitrogens is 2. The number of nitrogens with one attached hydrogen (secondary N) is 2. The minimum atomic E-state index is -1.37. The van der Waals surface area contributed by atoms with E-state index in [1.165, 1.54) is 32.8 Å². The maximum atomic E-state index is 13.8. The number of hydrogen-bond donors (Lipinski definition) is 3. The van der Waals surface area contributed by atoms with Crippen molar-refractivity contribution in [3.8, 4) is 34.0 Å². The molecule has 2 atom stereocenters. The molecule has 5 rings (SSSR count). The highest BCUT2D eigenvalue weighted by molar-refractivity contribution is 5.98. The van der Waals surface area contributed by atoms with E-state index in [4.69, 9.17) is 9.47 Å². The molecule has 0 fully saturated rings. The lowest BCUT2D eigenvalue weighted by molar-refractivity contribution is -0.142. The van der Waals surface area contributed by atoms with Crippen molar-refractivity contribution in [2.75, 3.05) is 13.7 Å². The van der Waals surface area contributed by atoms with Crippen LogP contribution in [0.25, 0.3) is 22.5 Å². The van der Waals surface area contributed by atoms with E-state index in [-0.39, 0.29) is 11.8 Å². The third kappa shape index (κ3) is 11.5. The Morgan fingerprint density at radius 2 is 1.41 bits per heavy atom. The molecule has 4 aromatic carbocycles. The number of carbonyl (C=O) groups is 3. The molecule has 1 aromatic heterocycles. The highest BCUT2D eigenvalue weighted by Crippen LogP contribution is 2.25. The first-order valence-electron chi connectivity index (χ1n) is 19.2. The number of nitrogens with zero attached hydrogens (tertiary/aromatic N) is 2. The predicted octanol–water partition coefficient (Wildman–Crippen LogP) is 8.75. The fourth-order valence-electron chi connectivity index (χ4n) is 6.22. The largest absolute Gasteiger partial charge is 0.497 e. The molecule has 2 amide bonds. The molecule has 5 aromatic rings. The van der Waals surface area contributed by atoms with Crippen LogP contribution in [0, 0.1) is 0 Å². The number of rotatable bonds is 18. The van der Waals surface area contributed by atoms with Gasteiger partial charge in [-0.25, -0.2) is 14.8 Å². The third-order valence-corrected chi connectivity index (χ3v) is 9.60. The Morgan fingerprint density at radius 1 is 0.750 bits per heavy atom. The Labute approximate surface area is 329 Å². The van der Waals surface area contributed by atoms with Crippen LogP contribution in [0.3, 0.4) is 0 Å². The highest BCUT2D eigenvalue weighted by atomic mass is 16.5. The van der Waals surface area contributed by atoms with Crippen molar-refractivity contribution in [3.63, 3.8) is 0 Å². The summed E-state index contributed by atoms with van der Waals surface area (Å²) in [6.45, 7) is 9.18. The molecule has 0 radical (unpaired) electrons. The third-order valence-electron chi connectivity index (χ3n) is 9.60. The summed E-state index contributed by atoms with van der Waals surface area (Å²) in [4.78, 5) is 48.9. The molecular formula is C46H52N4O6. The predicted molar refractivity (Wildman–Crippen MR) is 219 cm³/mol. The van der Waals surface area contributed by atoms with Crippen molar-refractivity contribution in [1.29, 1.82) is 0 Å². The van der Waals surface area contributed by atoms with Crippen LogP contribution in [0.4, 0.5) is 0 Å². The van der Waals surface area contributed by atoms with Gasteiger partial charge in [0.05, 0.1) is 13.7 Å².